The molecule has 0 saturated heterocycles. The van der Waals surface area contributed by atoms with Gasteiger partial charge in [-0.05, 0) is 12.1 Å². The van der Waals surface area contributed by atoms with Crippen LogP contribution in [0.2, 0.25) is 0 Å². The minimum absolute atomic E-state index is 0.0397. The number of nitrogens with zero attached hydrogens (tertiary/aromatic N) is 3. The summed E-state index contributed by atoms with van der Waals surface area (Å²) in [5.41, 5.74) is 6.22. The van der Waals surface area contributed by atoms with E-state index in [9.17, 15) is 9.59 Å². The van der Waals surface area contributed by atoms with Gasteiger partial charge < -0.3 is 10.3 Å². The van der Waals surface area contributed by atoms with Gasteiger partial charge in [-0.25, -0.2) is 4.79 Å². The lowest BCUT2D eigenvalue weighted by Crippen LogP contribution is -2.40. The fourth-order valence-electron chi connectivity index (χ4n) is 2.25. The van der Waals surface area contributed by atoms with Crippen LogP contribution in [0.5, 0.6) is 0 Å². The topological polar surface area (TPSA) is 82.9 Å². The number of hydrogen-bond donors (Lipinski definition) is 1. The van der Waals surface area contributed by atoms with Crippen LogP contribution in [-0.2, 0) is 13.6 Å². The first-order chi connectivity index (χ1) is 10.1. The molecule has 21 heavy (non-hydrogen) atoms. The average molecular weight is 282 g/mol. The van der Waals surface area contributed by atoms with Crippen molar-refractivity contribution in [1.82, 2.24) is 14.1 Å². The Hall–Kier alpha value is -2.89. The van der Waals surface area contributed by atoms with Crippen molar-refractivity contribution in [3.63, 3.8) is 0 Å². The number of pyridine rings is 1. The van der Waals surface area contributed by atoms with Crippen molar-refractivity contribution in [3.8, 4) is 0 Å². The lowest BCUT2D eigenvalue weighted by atomic mass is 10.2. The number of benzene rings is 1. The van der Waals surface area contributed by atoms with Crippen molar-refractivity contribution in [2.24, 2.45) is 7.05 Å². The number of hydrogen-bond acceptors (Lipinski definition) is 4. The molecule has 0 amide bonds. The maximum Gasteiger partial charge on any atom is 0.331 e. The van der Waals surface area contributed by atoms with Crippen molar-refractivity contribution in [1.29, 1.82) is 0 Å². The summed E-state index contributed by atoms with van der Waals surface area (Å²) in [6, 6.07) is 11.4. The van der Waals surface area contributed by atoms with E-state index in [1.54, 1.807) is 13.1 Å². The third kappa shape index (κ3) is 2.31. The van der Waals surface area contributed by atoms with Gasteiger partial charge in [0, 0.05) is 18.6 Å². The molecule has 0 aliphatic carbocycles. The molecular weight excluding hydrogens is 268 g/mol. The summed E-state index contributed by atoms with van der Waals surface area (Å²) < 4.78 is 2.38. The summed E-state index contributed by atoms with van der Waals surface area (Å²) in [6.45, 7) is 0.0986. The molecule has 3 aromatic rings. The van der Waals surface area contributed by atoms with Gasteiger partial charge in [-0.3, -0.25) is 14.3 Å². The molecule has 6 nitrogen and oxygen atoms in total. The van der Waals surface area contributed by atoms with E-state index in [0.29, 0.717) is 5.69 Å². The highest BCUT2D eigenvalue weighted by molar-refractivity contribution is 5.78. The molecule has 0 aliphatic rings. The Labute approximate surface area is 120 Å². The first-order valence-corrected chi connectivity index (χ1v) is 6.47. The van der Waals surface area contributed by atoms with Gasteiger partial charge in [-0.2, -0.15) is 0 Å². The van der Waals surface area contributed by atoms with Gasteiger partial charge in [-0.1, -0.05) is 24.3 Å². The number of aromatic nitrogens is 3. The summed E-state index contributed by atoms with van der Waals surface area (Å²) in [4.78, 5) is 28.5. The first-order valence-electron chi connectivity index (χ1n) is 6.47. The van der Waals surface area contributed by atoms with Crippen LogP contribution in [0.25, 0.3) is 10.9 Å². The normalized spacial score (nSPS) is 10.9. The molecular formula is C15H14N4O2. The Bertz CT molecular complexity index is 906. The number of rotatable bonds is 2. The van der Waals surface area contributed by atoms with Gasteiger partial charge in [0.1, 0.15) is 5.69 Å². The van der Waals surface area contributed by atoms with Crippen LogP contribution < -0.4 is 17.0 Å². The summed E-state index contributed by atoms with van der Waals surface area (Å²) in [6.07, 6.45) is 1.33. The maximum absolute atomic E-state index is 12.1. The number of nitrogens with two attached hydrogens (primary N) is 1. The molecule has 1 aromatic carbocycles. The molecule has 6 heteroatoms. The van der Waals surface area contributed by atoms with E-state index in [0.717, 1.165) is 15.5 Å². The Morgan fingerprint density at radius 3 is 2.71 bits per heavy atom. The van der Waals surface area contributed by atoms with Crippen LogP contribution in [0.15, 0.2) is 52.2 Å². The predicted octanol–water partition coefficient (Wildman–Crippen LogP) is 0.726. The largest absolute Gasteiger partial charge is 0.393 e. The van der Waals surface area contributed by atoms with Gasteiger partial charge in [0.25, 0.3) is 5.56 Å². The van der Waals surface area contributed by atoms with Gasteiger partial charge in [0.05, 0.1) is 17.8 Å². The molecule has 0 atom stereocenters. The quantitative estimate of drug-likeness (QED) is 0.751. The Morgan fingerprint density at radius 1 is 1.14 bits per heavy atom. The van der Waals surface area contributed by atoms with E-state index in [1.165, 1.54) is 10.8 Å². The van der Waals surface area contributed by atoms with Gasteiger partial charge >= 0.3 is 5.69 Å². The van der Waals surface area contributed by atoms with E-state index < -0.39 is 11.2 Å². The summed E-state index contributed by atoms with van der Waals surface area (Å²) in [7, 11) is 1.56. The second-order valence-corrected chi connectivity index (χ2v) is 4.86. The molecule has 0 saturated carbocycles. The van der Waals surface area contributed by atoms with Crippen molar-refractivity contribution in [3.05, 3.63) is 69.1 Å². The monoisotopic (exact) mass is 282 g/mol. The molecule has 2 N–H and O–H groups in total. The molecule has 2 heterocycles. The van der Waals surface area contributed by atoms with E-state index >= 15 is 0 Å². The predicted molar refractivity (Wildman–Crippen MR) is 81.2 cm³/mol. The Balaban J connectivity index is 2.11. The minimum Gasteiger partial charge on any atom is -0.393 e. The number of fused-ring (bicyclic) bond motifs is 1. The molecule has 106 valence electrons. The van der Waals surface area contributed by atoms with Crippen LogP contribution >= 0.6 is 0 Å². The molecule has 0 spiro atoms. The number of aryl methyl sites for hydroxylation is 1. The molecule has 3 rings (SSSR count). The van der Waals surface area contributed by atoms with Crippen molar-refractivity contribution in [2.75, 3.05) is 5.73 Å². The first kappa shape index (κ1) is 13.1. The Kier molecular flexibility index (Phi) is 3.06. The standard InChI is InChI=1S/C15H14N4O2/c1-18-9-12(16)14(20)19(15(18)21)8-11-7-6-10-4-2-3-5-13(10)17-11/h2-7,9H,8,16H2,1H3. The lowest BCUT2D eigenvalue weighted by Gasteiger charge is -2.08. The smallest absolute Gasteiger partial charge is 0.331 e. The van der Waals surface area contributed by atoms with Gasteiger partial charge in [0.15, 0.2) is 0 Å². The number of anilines is 1. The molecule has 2 aromatic heterocycles. The third-order valence-corrected chi connectivity index (χ3v) is 3.33. The summed E-state index contributed by atoms with van der Waals surface area (Å²) in [5.74, 6) is 0. The SMILES string of the molecule is Cn1cc(N)c(=O)n(Cc2ccc3ccccc3n2)c1=O. The highest BCUT2D eigenvalue weighted by Gasteiger charge is 2.09. The van der Waals surface area contributed by atoms with E-state index in [-0.39, 0.29) is 12.2 Å². The zero-order valence-corrected chi connectivity index (χ0v) is 11.5. The molecule has 0 bridgehead atoms. The molecule has 0 unspecified atom stereocenters. The summed E-state index contributed by atoms with van der Waals surface area (Å²) in [5, 5.41) is 1.01. The van der Waals surface area contributed by atoms with Crippen LogP contribution in [0.1, 0.15) is 5.69 Å². The van der Waals surface area contributed by atoms with Crippen molar-refractivity contribution < 1.29 is 0 Å². The van der Waals surface area contributed by atoms with Crippen LogP contribution in [0, 0.1) is 0 Å². The van der Waals surface area contributed by atoms with Crippen LogP contribution in [-0.4, -0.2) is 14.1 Å². The fraction of sp³-hybridized carbons (Fsp3) is 0.133. The van der Waals surface area contributed by atoms with Crippen molar-refractivity contribution >= 4 is 16.6 Å². The van der Waals surface area contributed by atoms with Crippen LogP contribution in [0.4, 0.5) is 5.69 Å². The van der Waals surface area contributed by atoms with E-state index in [4.69, 9.17) is 5.73 Å². The van der Waals surface area contributed by atoms with E-state index in [2.05, 4.69) is 4.98 Å². The number of nitrogen functional groups attached to an aromatic ring is 1. The second kappa shape index (κ2) is 4.90. The molecule has 0 aliphatic heterocycles. The second-order valence-electron chi connectivity index (χ2n) is 4.86. The van der Waals surface area contributed by atoms with Gasteiger partial charge in [0.2, 0.25) is 0 Å². The zero-order valence-electron chi connectivity index (χ0n) is 11.5. The highest BCUT2D eigenvalue weighted by atomic mass is 16.2. The van der Waals surface area contributed by atoms with Gasteiger partial charge in [-0.15, -0.1) is 0 Å². The van der Waals surface area contributed by atoms with Crippen molar-refractivity contribution in [2.45, 2.75) is 6.54 Å². The fourth-order valence-corrected chi connectivity index (χ4v) is 2.25. The zero-order chi connectivity index (χ0) is 15.0. The van der Waals surface area contributed by atoms with E-state index in [1.807, 2.05) is 30.3 Å². The van der Waals surface area contributed by atoms with Crippen LogP contribution in [0.3, 0.4) is 0 Å². The lowest BCUT2D eigenvalue weighted by molar-refractivity contribution is 0.636. The minimum atomic E-state index is -0.493. The number of para-hydroxylation sites is 1. The summed E-state index contributed by atoms with van der Waals surface area (Å²) >= 11 is 0. The molecule has 0 fully saturated rings. The molecule has 0 radical (unpaired) electrons. The highest BCUT2D eigenvalue weighted by Crippen LogP contribution is 2.11. The average Bonchev–Trinajstić information content (AvgIpc) is 2.49. The third-order valence-electron chi connectivity index (χ3n) is 3.33. The maximum atomic E-state index is 12.1. The Morgan fingerprint density at radius 2 is 1.90 bits per heavy atom.